The van der Waals surface area contributed by atoms with Crippen molar-refractivity contribution in [1.82, 2.24) is 5.32 Å². The minimum atomic E-state index is -0.303. The fourth-order valence-electron chi connectivity index (χ4n) is 1.77. The third kappa shape index (κ3) is 1.38. The summed E-state index contributed by atoms with van der Waals surface area (Å²) in [5.41, 5.74) is 1.18. The Hall–Kier alpha value is -1.09. The van der Waals surface area contributed by atoms with Crippen LogP contribution in [0.4, 0.5) is 4.39 Å². The van der Waals surface area contributed by atoms with Crippen molar-refractivity contribution in [1.29, 1.82) is 0 Å². The summed E-state index contributed by atoms with van der Waals surface area (Å²) in [6.45, 7) is 0. The summed E-state index contributed by atoms with van der Waals surface area (Å²) in [5.74, 6) is 0.0205. The number of rotatable bonds is 3. The van der Waals surface area contributed by atoms with Gasteiger partial charge in [0.15, 0.2) is 11.6 Å². The second-order valence-electron chi connectivity index (χ2n) is 3.68. The smallest absolute Gasteiger partial charge is 0.165 e. The van der Waals surface area contributed by atoms with Crippen LogP contribution >= 0.6 is 0 Å². The van der Waals surface area contributed by atoms with Crippen molar-refractivity contribution in [3.63, 3.8) is 0 Å². The fraction of sp³-hybridized carbons (Fsp3) is 0.455. The molecule has 0 radical (unpaired) electrons. The Morgan fingerprint density at radius 1 is 1.43 bits per heavy atom. The molecule has 1 aliphatic carbocycles. The molecule has 76 valence electrons. The van der Waals surface area contributed by atoms with Gasteiger partial charge in [-0.2, -0.15) is 0 Å². The van der Waals surface area contributed by atoms with Gasteiger partial charge in [-0.3, -0.25) is 0 Å². The van der Waals surface area contributed by atoms with Gasteiger partial charge in [0, 0.05) is 5.54 Å². The molecule has 0 aromatic heterocycles. The summed E-state index contributed by atoms with van der Waals surface area (Å²) in [6.07, 6.45) is 2.22. The maximum absolute atomic E-state index is 13.1. The normalized spacial score (nSPS) is 17.9. The van der Waals surface area contributed by atoms with E-state index in [9.17, 15) is 4.39 Å². The molecule has 0 bridgehead atoms. The number of hydrogen-bond acceptors (Lipinski definition) is 2. The third-order valence-corrected chi connectivity index (χ3v) is 2.93. The Morgan fingerprint density at radius 3 is 2.64 bits per heavy atom. The molecule has 1 N–H and O–H groups in total. The van der Waals surface area contributed by atoms with Crippen LogP contribution < -0.4 is 10.1 Å². The Kier molecular flexibility index (Phi) is 2.19. The van der Waals surface area contributed by atoms with Crippen molar-refractivity contribution in [2.24, 2.45) is 0 Å². The average molecular weight is 195 g/mol. The van der Waals surface area contributed by atoms with Gasteiger partial charge in [0.05, 0.1) is 7.11 Å². The number of benzene rings is 1. The first kappa shape index (κ1) is 9.46. The van der Waals surface area contributed by atoms with Crippen molar-refractivity contribution in [2.75, 3.05) is 14.2 Å². The Labute approximate surface area is 83.1 Å². The predicted octanol–water partition coefficient (Wildman–Crippen LogP) is 2.04. The lowest BCUT2D eigenvalue weighted by Crippen LogP contribution is -2.24. The zero-order valence-electron chi connectivity index (χ0n) is 8.43. The van der Waals surface area contributed by atoms with Crippen LogP contribution in [0.1, 0.15) is 18.4 Å². The Bertz CT molecular complexity index is 347. The Morgan fingerprint density at radius 2 is 2.14 bits per heavy atom. The highest BCUT2D eigenvalue weighted by atomic mass is 19.1. The molecule has 0 saturated heterocycles. The highest BCUT2D eigenvalue weighted by Gasteiger charge is 2.42. The van der Waals surface area contributed by atoms with E-state index in [0.29, 0.717) is 5.75 Å². The van der Waals surface area contributed by atoms with Crippen LogP contribution in [0.15, 0.2) is 18.2 Å². The molecule has 1 aromatic rings. The molecule has 2 nitrogen and oxygen atoms in total. The minimum Gasteiger partial charge on any atom is -0.494 e. The molecule has 0 amide bonds. The SMILES string of the molecule is CNC1(c2ccc(F)c(OC)c2)CC1. The molecule has 0 spiro atoms. The van der Waals surface area contributed by atoms with Crippen molar-refractivity contribution < 1.29 is 9.13 Å². The van der Waals surface area contributed by atoms with Gasteiger partial charge in [0.2, 0.25) is 0 Å². The van der Waals surface area contributed by atoms with Crippen molar-refractivity contribution in [2.45, 2.75) is 18.4 Å². The summed E-state index contributed by atoms with van der Waals surface area (Å²) in [4.78, 5) is 0. The average Bonchev–Trinajstić information content (AvgIpc) is 2.99. The molecule has 0 heterocycles. The topological polar surface area (TPSA) is 21.3 Å². The van der Waals surface area contributed by atoms with Gasteiger partial charge in [-0.1, -0.05) is 6.07 Å². The summed E-state index contributed by atoms with van der Waals surface area (Å²) >= 11 is 0. The molecule has 0 unspecified atom stereocenters. The molecule has 1 fully saturated rings. The first-order valence-corrected chi connectivity index (χ1v) is 4.75. The molecule has 3 heteroatoms. The first-order chi connectivity index (χ1) is 6.72. The van der Waals surface area contributed by atoms with Crippen LogP contribution in [-0.4, -0.2) is 14.2 Å². The van der Waals surface area contributed by atoms with E-state index >= 15 is 0 Å². The van der Waals surface area contributed by atoms with E-state index in [1.807, 2.05) is 13.1 Å². The zero-order valence-corrected chi connectivity index (χ0v) is 8.43. The van der Waals surface area contributed by atoms with Crippen LogP contribution in [0.2, 0.25) is 0 Å². The summed E-state index contributed by atoms with van der Waals surface area (Å²) in [5, 5.41) is 3.26. The first-order valence-electron chi connectivity index (χ1n) is 4.75. The van der Waals surface area contributed by atoms with Gasteiger partial charge in [-0.25, -0.2) is 4.39 Å². The lowest BCUT2D eigenvalue weighted by atomic mass is 10.0. The number of methoxy groups -OCH3 is 1. The molecule has 14 heavy (non-hydrogen) atoms. The second-order valence-corrected chi connectivity index (χ2v) is 3.68. The van der Waals surface area contributed by atoms with Gasteiger partial charge in [0.1, 0.15) is 0 Å². The predicted molar refractivity (Wildman–Crippen MR) is 52.9 cm³/mol. The van der Waals surface area contributed by atoms with Crippen LogP contribution in [0, 0.1) is 5.82 Å². The maximum Gasteiger partial charge on any atom is 0.165 e. The second kappa shape index (κ2) is 3.24. The summed E-state index contributed by atoms with van der Waals surface area (Å²) < 4.78 is 18.1. The summed E-state index contributed by atoms with van der Waals surface area (Å²) in [7, 11) is 3.42. The van der Waals surface area contributed by atoms with E-state index in [1.165, 1.54) is 13.2 Å². The van der Waals surface area contributed by atoms with E-state index in [2.05, 4.69) is 5.32 Å². The van der Waals surface area contributed by atoms with Crippen LogP contribution in [0.3, 0.4) is 0 Å². The standard InChI is InChI=1S/C11H14FNO/c1-13-11(5-6-11)8-3-4-9(12)10(7-8)14-2/h3-4,7,13H,5-6H2,1-2H3. The van der Waals surface area contributed by atoms with E-state index in [1.54, 1.807) is 6.07 Å². The largest absolute Gasteiger partial charge is 0.494 e. The van der Waals surface area contributed by atoms with E-state index in [0.717, 1.165) is 18.4 Å². The molecular formula is C11H14FNO. The quantitative estimate of drug-likeness (QED) is 0.797. The lowest BCUT2D eigenvalue weighted by molar-refractivity contribution is 0.384. The number of halogens is 1. The number of nitrogens with one attached hydrogen (secondary N) is 1. The molecule has 2 rings (SSSR count). The zero-order chi connectivity index (χ0) is 10.2. The highest BCUT2D eigenvalue weighted by molar-refractivity contribution is 5.37. The highest BCUT2D eigenvalue weighted by Crippen LogP contribution is 2.45. The van der Waals surface area contributed by atoms with Crippen molar-refractivity contribution in [3.05, 3.63) is 29.6 Å². The number of hydrogen-bond donors (Lipinski definition) is 1. The lowest BCUT2D eigenvalue weighted by Gasteiger charge is -2.15. The van der Waals surface area contributed by atoms with Crippen LogP contribution in [0.25, 0.3) is 0 Å². The molecule has 1 aromatic carbocycles. The molecule has 1 saturated carbocycles. The maximum atomic E-state index is 13.1. The van der Waals surface area contributed by atoms with Gasteiger partial charge < -0.3 is 10.1 Å². The fourth-order valence-corrected chi connectivity index (χ4v) is 1.77. The minimum absolute atomic E-state index is 0.0704. The van der Waals surface area contributed by atoms with E-state index in [-0.39, 0.29) is 11.4 Å². The molecule has 0 atom stereocenters. The van der Waals surface area contributed by atoms with Gasteiger partial charge in [-0.05, 0) is 37.6 Å². The van der Waals surface area contributed by atoms with Crippen molar-refractivity contribution in [3.8, 4) is 5.75 Å². The monoisotopic (exact) mass is 195 g/mol. The molecule has 1 aliphatic rings. The molecular weight excluding hydrogens is 181 g/mol. The number of ether oxygens (including phenoxy) is 1. The van der Waals surface area contributed by atoms with Crippen LogP contribution in [0.5, 0.6) is 5.75 Å². The summed E-state index contributed by atoms with van der Waals surface area (Å²) in [6, 6.07) is 5.06. The van der Waals surface area contributed by atoms with Crippen molar-refractivity contribution >= 4 is 0 Å². The van der Waals surface area contributed by atoms with E-state index in [4.69, 9.17) is 4.74 Å². The van der Waals surface area contributed by atoms with E-state index < -0.39 is 0 Å². The molecule has 0 aliphatic heterocycles. The van der Waals surface area contributed by atoms with Gasteiger partial charge in [0.25, 0.3) is 0 Å². The van der Waals surface area contributed by atoms with Gasteiger partial charge >= 0.3 is 0 Å². The third-order valence-electron chi connectivity index (χ3n) is 2.93. The van der Waals surface area contributed by atoms with Gasteiger partial charge in [-0.15, -0.1) is 0 Å². The Balaban J connectivity index is 2.36. The van der Waals surface area contributed by atoms with Crippen LogP contribution in [-0.2, 0) is 5.54 Å².